The maximum Gasteiger partial charge on any atom is 0.274 e. The van der Waals surface area contributed by atoms with Crippen LogP contribution in [0.15, 0.2) is 36.5 Å². The van der Waals surface area contributed by atoms with E-state index in [9.17, 15) is 24.4 Å². The third-order valence-corrected chi connectivity index (χ3v) is 3.80. The zero-order valence-electron chi connectivity index (χ0n) is 13.8. The summed E-state index contributed by atoms with van der Waals surface area (Å²) >= 11 is 0. The van der Waals surface area contributed by atoms with E-state index in [1.807, 2.05) is 6.92 Å². The molecule has 0 bridgehead atoms. The van der Waals surface area contributed by atoms with E-state index in [2.05, 4.69) is 10.3 Å². The van der Waals surface area contributed by atoms with Crippen molar-refractivity contribution in [2.24, 2.45) is 0 Å². The van der Waals surface area contributed by atoms with Crippen LogP contribution in [0.2, 0.25) is 0 Å². The number of aromatic nitrogens is 2. The molecular formula is C17H15FN4O4. The first-order chi connectivity index (χ1) is 12.4. The van der Waals surface area contributed by atoms with E-state index >= 15 is 0 Å². The van der Waals surface area contributed by atoms with Crippen LogP contribution < -0.4 is 5.32 Å². The van der Waals surface area contributed by atoms with Gasteiger partial charge < -0.3 is 10.4 Å². The molecule has 9 heteroatoms. The number of nitro groups is 1. The molecule has 26 heavy (non-hydrogen) atoms. The Labute approximate surface area is 147 Å². The average molecular weight is 358 g/mol. The molecule has 2 heterocycles. The van der Waals surface area contributed by atoms with Crippen LogP contribution in [0.4, 0.5) is 15.8 Å². The maximum atomic E-state index is 13.6. The number of rotatable bonds is 5. The van der Waals surface area contributed by atoms with Crippen LogP contribution in [0.5, 0.6) is 5.75 Å². The molecule has 0 unspecified atom stereocenters. The van der Waals surface area contributed by atoms with Crippen molar-refractivity contribution in [1.82, 2.24) is 9.38 Å². The summed E-state index contributed by atoms with van der Waals surface area (Å²) in [6.07, 6.45) is 2.35. The van der Waals surface area contributed by atoms with Crippen LogP contribution in [0, 0.1) is 15.9 Å². The average Bonchev–Trinajstić information content (AvgIpc) is 2.94. The Bertz CT molecular complexity index is 1020. The number of aryl methyl sites for hydroxylation is 1. The number of imidazole rings is 1. The van der Waals surface area contributed by atoms with E-state index in [0.29, 0.717) is 24.2 Å². The first kappa shape index (κ1) is 17.3. The lowest BCUT2D eigenvalue weighted by atomic mass is 10.2. The number of phenolic OH excluding ortho intramolecular Hbond substituents is 1. The Balaban J connectivity index is 2.05. The number of hydrogen-bond donors (Lipinski definition) is 2. The second-order valence-corrected chi connectivity index (χ2v) is 5.65. The molecule has 0 saturated carbocycles. The standard InChI is InChI=1S/C17H15FN4O4/c1-2-3-12-16(21-9-10(18)4-7-15(21)19-12)17(24)20-13-8-11(22(25)26)5-6-14(13)23/h4-9,23H,2-3H2,1H3,(H,20,24). The quantitative estimate of drug-likeness (QED) is 0.413. The van der Waals surface area contributed by atoms with Crippen molar-refractivity contribution in [3.05, 3.63) is 63.8 Å². The monoisotopic (exact) mass is 358 g/mol. The Morgan fingerprint density at radius 1 is 1.38 bits per heavy atom. The van der Waals surface area contributed by atoms with Gasteiger partial charge in [0.1, 0.15) is 22.9 Å². The molecule has 3 rings (SSSR count). The number of aromatic hydroxyl groups is 1. The number of fused-ring (bicyclic) bond motifs is 1. The minimum atomic E-state index is -0.651. The fourth-order valence-electron chi connectivity index (χ4n) is 2.64. The normalized spacial score (nSPS) is 10.8. The summed E-state index contributed by atoms with van der Waals surface area (Å²) in [5.74, 6) is -1.51. The maximum absolute atomic E-state index is 13.6. The molecule has 0 fully saturated rings. The number of halogens is 1. The zero-order valence-corrected chi connectivity index (χ0v) is 13.8. The first-order valence-electron chi connectivity index (χ1n) is 7.86. The highest BCUT2D eigenvalue weighted by Gasteiger charge is 2.21. The number of carbonyl (C=O) groups is 1. The minimum Gasteiger partial charge on any atom is -0.506 e. The van der Waals surface area contributed by atoms with E-state index in [0.717, 1.165) is 24.4 Å². The van der Waals surface area contributed by atoms with Gasteiger partial charge in [-0.1, -0.05) is 13.3 Å². The number of hydrogen-bond acceptors (Lipinski definition) is 5. The first-order valence-corrected chi connectivity index (χ1v) is 7.86. The topological polar surface area (TPSA) is 110 Å². The van der Waals surface area contributed by atoms with Crippen molar-refractivity contribution in [1.29, 1.82) is 0 Å². The van der Waals surface area contributed by atoms with E-state index < -0.39 is 16.6 Å². The number of non-ortho nitro benzene ring substituents is 1. The Kier molecular flexibility index (Phi) is 4.53. The molecule has 0 atom stereocenters. The van der Waals surface area contributed by atoms with Crippen molar-refractivity contribution in [2.45, 2.75) is 19.8 Å². The number of carbonyl (C=O) groups excluding carboxylic acids is 1. The molecule has 0 aliphatic heterocycles. The number of anilines is 1. The van der Waals surface area contributed by atoms with Gasteiger partial charge in [0.15, 0.2) is 0 Å². The van der Waals surface area contributed by atoms with Gasteiger partial charge in [-0.3, -0.25) is 19.3 Å². The van der Waals surface area contributed by atoms with E-state index in [1.54, 1.807) is 0 Å². The third kappa shape index (κ3) is 3.18. The van der Waals surface area contributed by atoms with Gasteiger partial charge in [-0.2, -0.15) is 0 Å². The molecule has 2 N–H and O–H groups in total. The van der Waals surface area contributed by atoms with Crippen LogP contribution in [-0.4, -0.2) is 25.3 Å². The molecule has 0 aliphatic rings. The predicted octanol–water partition coefficient (Wildman–Crippen LogP) is 3.29. The van der Waals surface area contributed by atoms with Crippen LogP contribution in [0.25, 0.3) is 5.65 Å². The lowest BCUT2D eigenvalue weighted by molar-refractivity contribution is -0.384. The van der Waals surface area contributed by atoms with Crippen molar-refractivity contribution < 1.29 is 19.2 Å². The zero-order chi connectivity index (χ0) is 18.8. The molecule has 0 aliphatic carbocycles. The summed E-state index contributed by atoms with van der Waals surface area (Å²) in [7, 11) is 0. The van der Waals surface area contributed by atoms with Crippen LogP contribution in [0.3, 0.4) is 0 Å². The lowest BCUT2D eigenvalue weighted by Crippen LogP contribution is -2.16. The van der Waals surface area contributed by atoms with Gasteiger partial charge in [0.2, 0.25) is 0 Å². The largest absolute Gasteiger partial charge is 0.506 e. The minimum absolute atomic E-state index is 0.113. The van der Waals surface area contributed by atoms with Crippen LogP contribution >= 0.6 is 0 Å². The molecule has 1 aromatic carbocycles. The van der Waals surface area contributed by atoms with Gasteiger partial charge in [0.25, 0.3) is 11.6 Å². The second kappa shape index (κ2) is 6.79. The highest BCUT2D eigenvalue weighted by Crippen LogP contribution is 2.28. The number of nitro benzene ring substituents is 1. The Morgan fingerprint density at radius 3 is 2.85 bits per heavy atom. The second-order valence-electron chi connectivity index (χ2n) is 5.65. The number of nitrogens with one attached hydrogen (secondary N) is 1. The summed E-state index contributed by atoms with van der Waals surface area (Å²) in [5, 5.41) is 23.2. The highest BCUT2D eigenvalue weighted by molar-refractivity contribution is 6.05. The summed E-state index contributed by atoms with van der Waals surface area (Å²) in [4.78, 5) is 27.3. The van der Waals surface area contributed by atoms with Gasteiger partial charge in [0.05, 0.1) is 16.3 Å². The number of amides is 1. The van der Waals surface area contributed by atoms with Crippen molar-refractivity contribution in [2.75, 3.05) is 5.32 Å². The number of phenols is 1. The van der Waals surface area contributed by atoms with Crippen LogP contribution in [-0.2, 0) is 6.42 Å². The van der Waals surface area contributed by atoms with Gasteiger partial charge in [-0.05, 0) is 24.6 Å². The molecule has 134 valence electrons. The van der Waals surface area contributed by atoms with Gasteiger partial charge in [-0.15, -0.1) is 0 Å². The van der Waals surface area contributed by atoms with Gasteiger partial charge in [0, 0.05) is 18.3 Å². The number of benzene rings is 1. The van der Waals surface area contributed by atoms with E-state index in [1.165, 1.54) is 16.5 Å². The summed E-state index contributed by atoms with van der Waals surface area (Å²) in [6, 6.07) is 5.99. The molecule has 0 saturated heterocycles. The molecule has 2 aromatic heterocycles. The molecule has 3 aromatic rings. The van der Waals surface area contributed by atoms with Crippen LogP contribution in [0.1, 0.15) is 29.5 Å². The third-order valence-electron chi connectivity index (χ3n) is 3.80. The Morgan fingerprint density at radius 2 is 2.15 bits per heavy atom. The number of nitrogens with zero attached hydrogens (tertiary/aromatic N) is 3. The molecule has 8 nitrogen and oxygen atoms in total. The molecule has 1 amide bonds. The van der Waals surface area contributed by atoms with E-state index in [4.69, 9.17) is 0 Å². The van der Waals surface area contributed by atoms with Crippen molar-refractivity contribution in [3.63, 3.8) is 0 Å². The van der Waals surface area contributed by atoms with Gasteiger partial charge in [-0.25, -0.2) is 9.37 Å². The summed E-state index contributed by atoms with van der Waals surface area (Å²) in [6.45, 7) is 1.92. The number of pyridine rings is 1. The van der Waals surface area contributed by atoms with Gasteiger partial charge >= 0.3 is 0 Å². The SMILES string of the molecule is CCCc1nc2ccc(F)cn2c1C(=O)Nc1cc([N+](=O)[O-])ccc1O. The van der Waals surface area contributed by atoms with Crippen molar-refractivity contribution in [3.8, 4) is 5.75 Å². The predicted molar refractivity (Wildman–Crippen MR) is 91.9 cm³/mol. The van der Waals surface area contributed by atoms with E-state index in [-0.39, 0.29) is 22.8 Å². The summed E-state index contributed by atoms with van der Waals surface area (Å²) < 4.78 is 14.9. The molecular weight excluding hydrogens is 343 g/mol. The smallest absolute Gasteiger partial charge is 0.274 e. The molecule has 0 spiro atoms. The fourth-order valence-corrected chi connectivity index (χ4v) is 2.64. The highest BCUT2D eigenvalue weighted by atomic mass is 19.1. The molecule has 0 radical (unpaired) electrons. The fraction of sp³-hybridized carbons (Fsp3) is 0.176. The Hall–Kier alpha value is -3.49. The summed E-state index contributed by atoms with van der Waals surface area (Å²) in [5.41, 5.74) is 0.602. The van der Waals surface area contributed by atoms with Crippen molar-refractivity contribution >= 4 is 22.9 Å². The lowest BCUT2D eigenvalue weighted by Gasteiger charge is -2.08.